The maximum Gasteiger partial charge on any atom is 0.339 e. The third-order valence-corrected chi connectivity index (χ3v) is 2.24. The highest BCUT2D eigenvalue weighted by Gasteiger charge is 2.13. The Bertz CT molecular complexity index is 355. The molecule has 1 atom stereocenters. The minimum atomic E-state index is -0.983. The topological polar surface area (TPSA) is 71.5 Å². The van der Waals surface area contributed by atoms with E-state index in [0.717, 1.165) is 6.42 Å². The molecule has 1 aromatic heterocycles. The van der Waals surface area contributed by atoms with Gasteiger partial charge >= 0.3 is 5.97 Å². The first-order valence-electron chi connectivity index (χ1n) is 5.12. The Hall–Kier alpha value is -1.62. The molecule has 0 radical (unpaired) electrons. The fourth-order valence-electron chi connectivity index (χ4n) is 1.35. The predicted octanol–water partition coefficient (Wildman–Crippen LogP) is 1.62. The second-order valence-electron chi connectivity index (χ2n) is 3.41. The van der Waals surface area contributed by atoms with Crippen molar-refractivity contribution < 1.29 is 14.6 Å². The van der Waals surface area contributed by atoms with Gasteiger partial charge in [0.05, 0.1) is 12.6 Å². The third-order valence-electron chi connectivity index (χ3n) is 2.24. The molecular formula is C11H16N2O3. The van der Waals surface area contributed by atoms with Crippen molar-refractivity contribution in [1.29, 1.82) is 0 Å². The number of carboxylic acid groups (broad SMARTS) is 1. The maximum absolute atomic E-state index is 10.9. The molecule has 0 aromatic carbocycles. The lowest BCUT2D eigenvalue weighted by atomic mass is 10.2. The molecule has 0 saturated carbocycles. The Morgan fingerprint density at radius 1 is 1.69 bits per heavy atom. The lowest BCUT2D eigenvalue weighted by Gasteiger charge is -2.17. The first-order chi connectivity index (χ1) is 7.69. The van der Waals surface area contributed by atoms with Gasteiger partial charge in [0.25, 0.3) is 0 Å². The van der Waals surface area contributed by atoms with Gasteiger partial charge in [0.15, 0.2) is 0 Å². The van der Waals surface area contributed by atoms with Crippen LogP contribution in [0.2, 0.25) is 0 Å². The summed E-state index contributed by atoms with van der Waals surface area (Å²) in [4.78, 5) is 15.0. The standard InChI is InChI=1S/C11H16N2O3/c1-3-8(7-16-2)13-10-9(11(14)15)5-4-6-12-10/h4-6,8H,3,7H2,1-2H3,(H,12,13)(H,14,15). The van der Waals surface area contributed by atoms with Crippen LogP contribution in [0.25, 0.3) is 0 Å². The summed E-state index contributed by atoms with van der Waals surface area (Å²) >= 11 is 0. The quantitative estimate of drug-likeness (QED) is 0.768. The zero-order valence-corrected chi connectivity index (χ0v) is 9.43. The minimum absolute atomic E-state index is 0.0676. The zero-order chi connectivity index (χ0) is 12.0. The summed E-state index contributed by atoms with van der Waals surface area (Å²) in [6, 6.07) is 3.20. The van der Waals surface area contributed by atoms with Crippen molar-refractivity contribution in [2.45, 2.75) is 19.4 Å². The number of nitrogens with zero attached hydrogens (tertiary/aromatic N) is 1. The molecule has 16 heavy (non-hydrogen) atoms. The van der Waals surface area contributed by atoms with E-state index in [4.69, 9.17) is 9.84 Å². The molecule has 0 aliphatic heterocycles. The van der Waals surface area contributed by atoms with E-state index < -0.39 is 5.97 Å². The molecule has 0 bridgehead atoms. The van der Waals surface area contributed by atoms with Crippen LogP contribution in [0, 0.1) is 0 Å². The van der Waals surface area contributed by atoms with Gasteiger partial charge in [-0.2, -0.15) is 0 Å². The Balaban J connectivity index is 2.82. The van der Waals surface area contributed by atoms with Gasteiger partial charge in [0.1, 0.15) is 11.4 Å². The van der Waals surface area contributed by atoms with E-state index in [1.807, 2.05) is 6.92 Å². The van der Waals surface area contributed by atoms with Crippen molar-refractivity contribution in [2.24, 2.45) is 0 Å². The Labute approximate surface area is 94.5 Å². The second-order valence-corrected chi connectivity index (χ2v) is 3.41. The molecular weight excluding hydrogens is 208 g/mol. The number of pyridine rings is 1. The van der Waals surface area contributed by atoms with Crippen LogP contribution < -0.4 is 5.32 Å². The molecule has 0 fully saturated rings. The van der Waals surface area contributed by atoms with E-state index >= 15 is 0 Å². The average molecular weight is 224 g/mol. The number of methoxy groups -OCH3 is 1. The molecule has 1 aromatic rings. The molecule has 0 spiro atoms. The summed E-state index contributed by atoms with van der Waals surface area (Å²) in [6.07, 6.45) is 2.40. The lowest BCUT2D eigenvalue weighted by Crippen LogP contribution is -2.25. The molecule has 0 saturated heterocycles. The van der Waals surface area contributed by atoms with E-state index in [2.05, 4.69) is 10.3 Å². The summed E-state index contributed by atoms with van der Waals surface area (Å²) in [7, 11) is 1.61. The van der Waals surface area contributed by atoms with Crippen LogP contribution in [-0.4, -0.2) is 35.8 Å². The summed E-state index contributed by atoms with van der Waals surface area (Å²) in [5.41, 5.74) is 0.178. The van der Waals surface area contributed by atoms with E-state index in [1.54, 1.807) is 19.4 Å². The van der Waals surface area contributed by atoms with Crippen molar-refractivity contribution in [3.8, 4) is 0 Å². The van der Waals surface area contributed by atoms with Gasteiger partial charge in [-0.3, -0.25) is 0 Å². The molecule has 1 rings (SSSR count). The maximum atomic E-state index is 10.9. The Morgan fingerprint density at radius 3 is 3.00 bits per heavy atom. The van der Waals surface area contributed by atoms with Crippen molar-refractivity contribution in [1.82, 2.24) is 4.98 Å². The number of carboxylic acids is 1. The van der Waals surface area contributed by atoms with Gasteiger partial charge < -0.3 is 15.2 Å². The van der Waals surface area contributed by atoms with Gasteiger partial charge in [0.2, 0.25) is 0 Å². The molecule has 0 amide bonds. The van der Waals surface area contributed by atoms with Crippen LogP contribution in [0.3, 0.4) is 0 Å². The van der Waals surface area contributed by atoms with E-state index in [-0.39, 0.29) is 11.6 Å². The second kappa shape index (κ2) is 6.07. The monoisotopic (exact) mass is 224 g/mol. The Kier molecular flexibility index (Phi) is 4.72. The number of hydrogen-bond donors (Lipinski definition) is 2. The van der Waals surface area contributed by atoms with E-state index in [0.29, 0.717) is 12.4 Å². The van der Waals surface area contributed by atoms with Gasteiger partial charge in [0, 0.05) is 13.3 Å². The van der Waals surface area contributed by atoms with E-state index in [1.165, 1.54) is 6.07 Å². The fourth-order valence-corrected chi connectivity index (χ4v) is 1.35. The average Bonchev–Trinajstić information content (AvgIpc) is 2.29. The van der Waals surface area contributed by atoms with Crippen LogP contribution in [0.4, 0.5) is 5.82 Å². The molecule has 0 aliphatic rings. The van der Waals surface area contributed by atoms with Gasteiger partial charge in [-0.25, -0.2) is 9.78 Å². The van der Waals surface area contributed by atoms with Gasteiger partial charge in [-0.15, -0.1) is 0 Å². The van der Waals surface area contributed by atoms with Crippen LogP contribution >= 0.6 is 0 Å². The molecule has 1 unspecified atom stereocenters. The molecule has 5 heteroatoms. The highest BCUT2D eigenvalue weighted by atomic mass is 16.5. The SMILES string of the molecule is CCC(COC)Nc1ncccc1C(=O)O. The first-order valence-corrected chi connectivity index (χ1v) is 5.12. The molecule has 2 N–H and O–H groups in total. The van der Waals surface area contributed by atoms with E-state index in [9.17, 15) is 4.79 Å². The molecule has 1 heterocycles. The van der Waals surface area contributed by atoms with Crippen molar-refractivity contribution in [3.63, 3.8) is 0 Å². The minimum Gasteiger partial charge on any atom is -0.478 e. The van der Waals surface area contributed by atoms with Crippen molar-refractivity contribution >= 4 is 11.8 Å². The highest BCUT2D eigenvalue weighted by molar-refractivity contribution is 5.93. The normalized spacial score (nSPS) is 12.1. The summed E-state index contributed by atoms with van der Waals surface area (Å²) in [5, 5.41) is 12.0. The number of anilines is 1. The van der Waals surface area contributed by atoms with Gasteiger partial charge in [-0.05, 0) is 18.6 Å². The third kappa shape index (κ3) is 3.20. The summed E-state index contributed by atoms with van der Waals surface area (Å²) in [6.45, 7) is 2.52. The number of carbonyl (C=O) groups is 1. The first kappa shape index (κ1) is 12.4. The summed E-state index contributed by atoms with van der Waals surface area (Å²) in [5.74, 6) is -0.596. The van der Waals surface area contributed by atoms with Crippen molar-refractivity contribution in [3.05, 3.63) is 23.9 Å². The molecule has 5 nitrogen and oxygen atoms in total. The largest absolute Gasteiger partial charge is 0.478 e. The van der Waals surface area contributed by atoms with Crippen LogP contribution in [-0.2, 0) is 4.74 Å². The number of aromatic carboxylic acids is 1. The van der Waals surface area contributed by atoms with Crippen LogP contribution in [0.5, 0.6) is 0 Å². The number of ether oxygens (including phenoxy) is 1. The number of rotatable bonds is 6. The molecule has 0 aliphatic carbocycles. The Morgan fingerprint density at radius 2 is 2.44 bits per heavy atom. The van der Waals surface area contributed by atoms with Gasteiger partial charge in [-0.1, -0.05) is 6.92 Å². The van der Waals surface area contributed by atoms with Crippen molar-refractivity contribution in [2.75, 3.05) is 19.0 Å². The number of aromatic nitrogens is 1. The van der Waals surface area contributed by atoms with Crippen LogP contribution in [0.1, 0.15) is 23.7 Å². The smallest absolute Gasteiger partial charge is 0.339 e. The number of hydrogen-bond acceptors (Lipinski definition) is 4. The summed E-state index contributed by atoms with van der Waals surface area (Å²) < 4.78 is 5.03. The highest BCUT2D eigenvalue weighted by Crippen LogP contribution is 2.13. The van der Waals surface area contributed by atoms with Crippen LogP contribution in [0.15, 0.2) is 18.3 Å². The predicted molar refractivity (Wildman–Crippen MR) is 60.8 cm³/mol. The lowest BCUT2D eigenvalue weighted by molar-refractivity contribution is 0.0697. The molecule has 88 valence electrons. The fraction of sp³-hybridized carbons (Fsp3) is 0.455. The number of nitrogens with one attached hydrogen (secondary N) is 1. The zero-order valence-electron chi connectivity index (χ0n) is 9.43.